The first kappa shape index (κ1) is 23.7. The number of carbonyl (C=O) groups is 1. The van der Waals surface area contributed by atoms with Gasteiger partial charge in [-0.3, -0.25) is 9.89 Å². The van der Waals surface area contributed by atoms with Crippen molar-refractivity contribution in [1.82, 2.24) is 15.1 Å². The van der Waals surface area contributed by atoms with Gasteiger partial charge in [0.15, 0.2) is 11.5 Å². The predicted octanol–water partition coefficient (Wildman–Crippen LogP) is 5.62. The topological polar surface area (TPSA) is 76.7 Å². The molecular formula is C27H33N3O4. The second-order valence-electron chi connectivity index (χ2n) is 8.64. The Hall–Kier alpha value is -3.48. The van der Waals surface area contributed by atoms with Crippen molar-refractivity contribution in [3.05, 3.63) is 59.3 Å². The SMILES string of the molecule is CCCCOc1ccc(C2c3c(-c4ccc(OC)cc4)n[nH]c3C(=O)N2C(C)C)cc1OCC. The summed E-state index contributed by atoms with van der Waals surface area (Å²) in [5.74, 6) is 2.13. The Labute approximate surface area is 201 Å². The number of carbonyl (C=O) groups excluding carboxylic acids is 1. The maximum Gasteiger partial charge on any atom is 0.273 e. The van der Waals surface area contributed by atoms with E-state index in [4.69, 9.17) is 14.2 Å². The summed E-state index contributed by atoms with van der Waals surface area (Å²) in [6.45, 7) is 9.32. The molecule has 0 spiro atoms. The fourth-order valence-electron chi connectivity index (χ4n) is 4.40. The molecule has 1 unspecified atom stereocenters. The average Bonchev–Trinajstić information content (AvgIpc) is 3.39. The lowest BCUT2D eigenvalue weighted by molar-refractivity contribution is 0.0687. The Kier molecular flexibility index (Phi) is 7.10. The molecule has 3 aromatic rings. The molecular weight excluding hydrogens is 430 g/mol. The lowest BCUT2D eigenvalue weighted by atomic mass is 9.95. The van der Waals surface area contributed by atoms with Gasteiger partial charge < -0.3 is 19.1 Å². The molecule has 0 saturated carbocycles. The lowest BCUT2D eigenvalue weighted by Crippen LogP contribution is -2.35. The highest BCUT2D eigenvalue weighted by Gasteiger charge is 2.43. The van der Waals surface area contributed by atoms with Crippen LogP contribution in [0.2, 0.25) is 0 Å². The Morgan fingerprint density at radius 2 is 1.82 bits per heavy atom. The van der Waals surface area contributed by atoms with E-state index >= 15 is 0 Å². The number of hydrogen-bond acceptors (Lipinski definition) is 5. The van der Waals surface area contributed by atoms with Gasteiger partial charge in [0.1, 0.15) is 11.4 Å². The van der Waals surface area contributed by atoms with E-state index in [0.717, 1.165) is 46.7 Å². The molecule has 1 N–H and O–H groups in total. The van der Waals surface area contributed by atoms with Gasteiger partial charge >= 0.3 is 0 Å². The number of unbranched alkanes of at least 4 members (excludes halogenated alkanes) is 1. The molecule has 34 heavy (non-hydrogen) atoms. The van der Waals surface area contributed by atoms with Crippen molar-refractivity contribution in [2.45, 2.75) is 52.6 Å². The van der Waals surface area contributed by atoms with Gasteiger partial charge in [-0.25, -0.2) is 0 Å². The van der Waals surface area contributed by atoms with Crippen LogP contribution in [0.5, 0.6) is 17.2 Å². The number of methoxy groups -OCH3 is 1. The molecule has 0 bridgehead atoms. The first-order valence-corrected chi connectivity index (χ1v) is 11.9. The molecule has 2 heterocycles. The largest absolute Gasteiger partial charge is 0.497 e. The summed E-state index contributed by atoms with van der Waals surface area (Å²) < 4.78 is 17.2. The number of benzene rings is 2. The number of aromatic amines is 1. The summed E-state index contributed by atoms with van der Waals surface area (Å²) in [5, 5.41) is 7.55. The fraction of sp³-hybridized carbons (Fsp3) is 0.407. The minimum absolute atomic E-state index is 0.00181. The van der Waals surface area contributed by atoms with Crippen molar-refractivity contribution in [2.75, 3.05) is 20.3 Å². The van der Waals surface area contributed by atoms with Crippen LogP contribution in [0.4, 0.5) is 0 Å². The van der Waals surface area contributed by atoms with Gasteiger partial charge in [-0.15, -0.1) is 0 Å². The van der Waals surface area contributed by atoms with E-state index in [1.165, 1.54) is 0 Å². The number of ether oxygens (including phenoxy) is 3. The zero-order chi connectivity index (χ0) is 24.2. The van der Waals surface area contributed by atoms with E-state index in [0.29, 0.717) is 24.7 Å². The molecule has 0 saturated heterocycles. The highest BCUT2D eigenvalue weighted by molar-refractivity contribution is 6.00. The van der Waals surface area contributed by atoms with Gasteiger partial charge in [-0.2, -0.15) is 5.10 Å². The summed E-state index contributed by atoms with van der Waals surface area (Å²) in [6, 6.07) is 13.4. The fourth-order valence-corrected chi connectivity index (χ4v) is 4.40. The highest BCUT2D eigenvalue weighted by Crippen LogP contribution is 2.45. The van der Waals surface area contributed by atoms with Crippen molar-refractivity contribution < 1.29 is 19.0 Å². The summed E-state index contributed by atoms with van der Waals surface area (Å²) in [4.78, 5) is 15.3. The minimum atomic E-state index is -0.290. The Bertz CT molecular complexity index is 1140. The standard InChI is InChI=1S/C27H33N3O4/c1-6-8-15-34-21-14-11-19(16-22(21)33-7-2)26-23-24(18-9-12-20(32-5)13-10-18)28-29-25(23)27(31)30(26)17(3)4/h9-14,16-17,26H,6-8,15H2,1-5H3,(H,28,29). The van der Waals surface area contributed by atoms with Crippen LogP contribution in [0.3, 0.4) is 0 Å². The smallest absolute Gasteiger partial charge is 0.273 e. The minimum Gasteiger partial charge on any atom is -0.497 e. The van der Waals surface area contributed by atoms with Gasteiger partial charge in [0.25, 0.3) is 5.91 Å². The second kappa shape index (κ2) is 10.2. The molecule has 180 valence electrons. The zero-order valence-corrected chi connectivity index (χ0v) is 20.6. The third-order valence-electron chi connectivity index (χ3n) is 6.06. The van der Waals surface area contributed by atoms with E-state index in [2.05, 4.69) is 17.1 Å². The van der Waals surface area contributed by atoms with Gasteiger partial charge in [0.05, 0.1) is 32.1 Å². The summed E-state index contributed by atoms with van der Waals surface area (Å²) in [6.07, 6.45) is 2.04. The number of rotatable bonds is 10. The summed E-state index contributed by atoms with van der Waals surface area (Å²) in [7, 11) is 1.64. The number of fused-ring (bicyclic) bond motifs is 1. The monoisotopic (exact) mass is 463 g/mol. The molecule has 7 heteroatoms. The molecule has 1 aromatic heterocycles. The van der Waals surface area contributed by atoms with Crippen LogP contribution in [-0.4, -0.2) is 47.4 Å². The van der Waals surface area contributed by atoms with Crippen LogP contribution >= 0.6 is 0 Å². The first-order chi connectivity index (χ1) is 16.5. The van der Waals surface area contributed by atoms with E-state index in [1.54, 1.807) is 7.11 Å². The third kappa shape index (κ3) is 4.34. The molecule has 1 aliphatic heterocycles. The Morgan fingerprint density at radius 1 is 1.06 bits per heavy atom. The molecule has 0 fully saturated rings. The molecule has 1 atom stereocenters. The van der Waals surface area contributed by atoms with Gasteiger partial charge in [-0.1, -0.05) is 19.4 Å². The number of aromatic nitrogens is 2. The molecule has 4 rings (SSSR count). The number of amides is 1. The van der Waals surface area contributed by atoms with E-state index in [-0.39, 0.29) is 18.0 Å². The number of nitrogens with zero attached hydrogens (tertiary/aromatic N) is 2. The van der Waals surface area contributed by atoms with Crippen LogP contribution in [0.1, 0.15) is 68.2 Å². The molecule has 7 nitrogen and oxygen atoms in total. The predicted molar refractivity (Wildman–Crippen MR) is 132 cm³/mol. The van der Waals surface area contributed by atoms with Crippen LogP contribution in [-0.2, 0) is 0 Å². The van der Waals surface area contributed by atoms with Gasteiger partial charge in [0, 0.05) is 17.2 Å². The van der Waals surface area contributed by atoms with Crippen LogP contribution < -0.4 is 14.2 Å². The average molecular weight is 464 g/mol. The van der Waals surface area contributed by atoms with Crippen molar-refractivity contribution >= 4 is 5.91 Å². The highest BCUT2D eigenvalue weighted by atomic mass is 16.5. The Balaban J connectivity index is 1.80. The number of hydrogen-bond donors (Lipinski definition) is 1. The maximum absolute atomic E-state index is 13.4. The molecule has 0 radical (unpaired) electrons. The van der Waals surface area contributed by atoms with Crippen LogP contribution in [0.25, 0.3) is 11.3 Å². The summed E-state index contributed by atoms with van der Waals surface area (Å²) >= 11 is 0. The van der Waals surface area contributed by atoms with E-state index in [1.807, 2.05) is 68.1 Å². The van der Waals surface area contributed by atoms with Gasteiger partial charge in [-0.05, 0) is 69.2 Å². The Morgan fingerprint density at radius 3 is 2.47 bits per heavy atom. The molecule has 2 aromatic carbocycles. The lowest BCUT2D eigenvalue weighted by Gasteiger charge is -2.30. The van der Waals surface area contributed by atoms with Gasteiger partial charge in [0.2, 0.25) is 0 Å². The third-order valence-corrected chi connectivity index (χ3v) is 6.06. The van der Waals surface area contributed by atoms with Crippen LogP contribution in [0, 0.1) is 0 Å². The second-order valence-corrected chi connectivity index (χ2v) is 8.64. The van der Waals surface area contributed by atoms with Crippen molar-refractivity contribution in [2.24, 2.45) is 0 Å². The molecule has 1 aliphatic rings. The quantitative estimate of drug-likeness (QED) is 0.395. The normalized spacial score (nSPS) is 15.1. The van der Waals surface area contributed by atoms with E-state index in [9.17, 15) is 4.79 Å². The van der Waals surface area contributed by atoms with Crippen molar-refractivity contribution in [3.63, 3.8) is 0 Å². The maximum atomic E-state index is 13.4. The summed E-state index contributed by atoms with van der Waals surface area (Å²) in [5.41, 5.74) is 4.06. The van der Waals surface area contributed by atoms with E-state index < -0.39 is 0 Å². The number of H-pyrrole nitrogens is 1. The number of nitrogens with one attached hydrogen (secondary N) is 1. The molecule has 1 amide bonds. The first-order valence-electron chi connectivity index (χ1n) is 11.9. The van der Waals surface area contributed by atoms with Crippen LogP contribution in [0.15, 0.2) is 42.5 Å². The molecule has 0 aliphatic carbocycles. The zero-order valence-electron chi connectivity index (χ0n) is 20.6. The van der Waals surface area contributed by atoms with Crippen molar-refractivity contribution in [3.8, 4) is 28.5 Å². The van der Waals surface area contributed by atoms with Crippen molar-refractivity contribution in [1.29, 1.82) is 0 Å².